The molecule has 3 aromatic rings. The third-order valence-electron chi connectivity index (χ3n) is 5.39. The summed E-state index contributed by atoms with van der Waals surface area (Å²) in [5.74, 6) is 0.994. The number of fused-ring (bicyclic) bond motifs is 1. The standard InChI is InChI=1S/C23H26N2O4S/c1-4-15-7-5-9-20-21(15)24-23(30-20)25(14-17-8-6-12-29-17)22(26)16-10-11-18(27-2)19(13-16)28-3/h5,7,9-11,13,17H,4,6,8,12,14H2,1-3H3. The van der Waals surface area contributed by atoms with E-state index in [0.29, 0.717) is 28.7 Å². The molecule has 0 spiro atoms. The highest BCUT2D eigenvalue weighted by molar-refractivity contribution is 7.22. The zero-order valence-corrected chi connectivity index (χ0v) is 18.3. The molecule has 158 valence electrons. The third-order valence-corrected chi connectivity index (χ3v) is 6.43. The zero-order chi connectivity index (χ0) is 21.1. The summed E-state index contributed by atoms with van der Waals surface area (Å²) in [7, 11) is 3.14. The van der Waals surface area contributed by atoms with Gasteiger partial charge >= 0.3 is 0 Å². The van der Waals surface area contributed by atoms with E-state index in [0.717, 1.165) is 36.1 Å². The number of carbonyl (C=O) groups is 1. The van der Waals surface area contributed by atoms with E-state index < -0.39 is 0 Å². The zero-order valence-electron chi connectivity index (χ0n) is 17.5. The number of amides is 1. The topological polar surface area (TPSA) is 60.9 Å². The molecule has 1 unspecified atom stereocenters. The predicted molar refractivity (Wildman–Crippen MR) is 119 cm³/mol. The Morgan fingerprint density at radius 2 is 2.07 bits per heavy atom. The lowest BCUT2D eigenvalue weighted by molar-refractivity contribution is 0.0917. The number of thiazole rings is 1. The fraction of sp³-hybridized carbons (Fsp3) is 0.391. The monoisotopic (exact) mass is 426 g/mol. The fourth-order valence-electron chi connectivity index (χ4n) is 3.76. The van der Waals surface area contributed by atoms with Gasteiger partial charge in [-0.05, 0) is 49.1 Å². The van der Waals surface area contributed by atoms with Crippen LogP contribution in [0.3, 0.4) is 0 Å². The van der Waals surface area contributed by atoms with Gasteiger partial charge in [0, 0.05) is 12.2 Å². The van der Waals surface area contributed by atoms with Gasteiger partial charge < -0.3 is 14.2 Å². The number of methoxy groups -OCH3 is 2. The molecule has 0 aliphatic carbocycles. The molecule has 0 N–H and O–H groups in total. The number of ether oxygens (including phenoxy) is 3. The molecule has 1 atom stereocenters. The third kappa shape index (κ3) is 4.00. The normalized spacial score (nSPS) is 16.0. The first-order chi connectivity index (χ1) is 14.6. The van der Waals surface area contributed by atoms with Crippen LogP contribution in [-0.2, 0) is 11.2 Å². The van der Waals surface area contributed by atoms with Crippen molar-refractivity contribution in [3.63, 3.8) is 0 Å². The first-order valence-electron chi connectivity index (χ1n) is 10.2. The molecule has 30 heavy (non-hydrogen) atoms. The van der Waals surface area contributed by atoms with Gasteiger partial charge in [0.05, 0.1) is 37.1 Å². The van der Waals surface area contributed by atoms with Gasteiger partial charge in [0.2, 0.25) is 0 Å². The number of hydrogen-bond donors (Lipinski definition) is 0. The molecule has 6 nitrogen and oxygen atoms in total. The number of para-hydroxylation sites is 1. The summed E-state index contributed by atoms with van der Waals surface area (Å²) >= 11 is 1.54. The number of aromatic nitrogens is 1. The van der Waals surface area contributed by atoms with E-state index in [1.165, 1.54) is 5.56 Å². The number of rotatable bonds is 7. The Labute approximate surface area is 180 Å². The van der Waals surface area contributed by atoms with Crippen LogP contribution in [0.2, 0.25) is 0 Å². The molecule has 1 aliphatic heterocycles. The van der Waals surface area contributed by atoms with E-state index in [1.54, 1.807) is 48.7 Å². The van der Waals surface area contributed by atoms with Crippen molar-refractivity contribution in [1.29, 1.82) is 0 Å². The lowest BCUT2D eigenvalue weighted by Crippen LogP contribution is -2.37. The second-order valence-electron chi connectivity index (χ2n) is 7.23. The molecular weight excluding hydrogens is 400 g/mol. The maximum absolute atomic E-state index is 13.6. The molecule has 4 rings (SSSR count). The fourth-order valence-corrected chi connectivity index (χ4v) is 4.78. The summed E-state index contributed by atoms with van der Waals surface area (Å²) in [4.78, 5) is 20.2. The van der Waals surface area contributed by atoms with Crippen molar-refractivity contribution >= 4 is 32.6 Å². The van der Waals surface area contributed by atoms with Crippen molar-refractivity contribution in [3.8, 4) is 11.5 Å². The number of nitrogens with zero attached hydrogens (tertiary/aromatic N) is 2. The van der Waals surface area contributed by atoms with Gasteiger partial charge in [-0.15, -0.1) is 0 Å². The smallest absolute Gasteiger partial charge is 0.260 e. The summed E-state index contributed by atoms with van der Waals surface area (Å²) in [6.45, 7) is 3.34. The van der Waals surface area contributed by atoms with E-state index in [4.69, 9.17) is 19.2 Å². The van der Waals surface area contributed by atoms with Gasteiger partial charge in [-0.1, -0.05) is 30.4 Å². The van der Waals surface area contributed by atoms with Crippen LogP contribution in [0.25, 0.3) is 10.2 Å². The largest absolute Gasteiger partial charge is 0.493 e. The number of aryl methyl sites for hydroxylation is 1. The summed E-state index contributed by atoms with van der Waals surface area (Å²) in [6, 6.07) is 11.4. The van der Waals surface area contributed by atoms with E-state index in [-0.39, 0.29) is 12.0 Å². The molecule has 1 fully saturated rings. The average molecular weight is 427 g/mol. The summed E-state index contributed by atoms with van der Waals surface area (Å²) in [5, 5.41) is 0.696. The van der Waals surface area contributed by atoms with E-state index in [2.05, 4.69) is 19.1 Å². The summed E-state index contributed by atoms with van der Waals surface area (Å²) in [6.07, 6.45) is 2.88. The SMILES string of the molecule is CCc1cccc2sc(N(CC3CCCO3)C(=O)c3ccc(OC)c(OC)c3)nc12. The van der Waals surface area contributed by atoms with Crippen molar-refractivity contribution in [2.24, 2.45) is 0 Å². The van der Waals surface area contributed by atoms with Gasteiger partial charge in [0.1, 0.15) is 0 Å². The lowest BCUT2D eigenvalue weighted by atomic mass is 10.1. The molecule has 7 heteroatoms. The highest BCUT2D eigenvalue weighted by atomic mass is 32.1. The molecule has 1 amide bonds. The Kier molecular flexibility index (Phi) is 6.20. The molecule has 0 saturated carbocycles. The Bertz CT molecular complexity index is 1040. The molecule has 2 heterocycles. The Morgan fingerprint density at radius 3 is 2.77 bits per heavy atom. The number of anilines is 1. The second-order valence-corrected chi connectivity index (χ2v) is 8.24. The minimum absolute atomic E-state index is 0.0201. The van der Waals surface area contributed by atoms with Crippen molar-refractivity contribution in [2.75, 3.05) is 32.3 Å². The lowest BCUT2D eigenvalue weighted by Gasteiger charge is -2.23. The summed E-state index contributed by atoms with van der Waals surface area (Å²) in [5.41, 5.74) is 2.68. The van der Waals surface area contributed by atoms with Gasteiger partial charge in [-0.3, -0.25) is 9.69 Å². The quantitative estimate of drug-likeness (QED) is 0.548. The molecule has 2 aromatic carbocycles. The molecule has 0 radical (unpaired) electrons. The molecule has 0 bridgehead atoms. The van der Waals surface area contributed by atoms with Gasteiger partial charge in [0.25, 0.3) is 5.91 Å². The van der Waals surface area contributed by atoms with Crippen LogP contribution in [0, 0.1) is 0 Å². The highest BCUT2D eigenvalue weighted by Gasteiger charge is 2.28. The molecule has 1 aromatic heterocycles. The van der Waals surface area contributed by atoms with Crippen LogP contribution in [0.15, 0.2) is 36.4 Å². The van der Waals surface area contributed by atoms with Crippen molar-refractivity contribution in [3.05, 3.63) is 47.5 Å². The van der Waals surface area contributed by atoms with Crippen LogP contribution < -0.4 is 14.4 Å². The Morgan fingerprint density at radius 1 is 1.23 bits per heavy atom. The van der Waals surface area contributed by atoms with Gasteiger partial charge in [0.15, 0.2) is 16.6 Å². The van der Waals surface area contributed by atoms with Crippen molar-refractivity contribution in [1.82, 2.24) is 4.98 Å². The Hall–Kier alpha value is -2.64. The van der Waals surface area contributed by atoms with E-state index in [1.807, 2.05) is 6.07 Å². The minimum Gasteiger partial charge on any atom is -0.493 e. The first kappa shape index (κ1) is 20.6. The predicted octanol–water partition coefficient (Wildman–Crippen LogP) is 4.70. The van der Waals surface area contributed by atoms with Crippen LogP contribution in [0.5, 0.6) is 11.5 Å². The number of hydrogen-bond acceptors (Lipinski definition) is 6. The van der Waals surface area contributed by atoms with Crippen LogP contribution >= 0.6 is 11.3 Å². The molecular formula is C23H26N2O4S. The van der Waals surface area contributed by atoms with Gasteiger partial charge in [-0.25, -0.2) is 4.98 Å². The Balaban J connectivity index is 1.73. The first-order valence-corrected chi connectivity index (χ1v) is 11.0. The second kappa shape index (κ2) is 9.02. The van der Waals surface area contributed by atoms with E-state index >= 15 is 0 Å². The van der Waals surface area contributed by atoms with Crippen LogP contribution in [0.4, 0.5) is 5.13 Å². The summed E-state index contributed by atoms with van der Waals surface area (Å²) < 4.78 is 17.6. The molecule has 1 aliphatic rings. The maximum Gasteiger partial charge on any atom is 0.260 e. The maximum atomic E-state index is 13.6. The van der Waals surface area contributed by atoms with Crippen molar-refractivity contribution < 1.29 is 19.0 Å². The van der Waals surface area contributed by atoms with Crippen LogP contribution in [0.1, 0.15) is 35.7 Å². The van der Waals surface area contributed by atoms with E-state index in [9.17, 15) is 4.79 Å². The van der Waals surface area contributed by atoms with Crippen molar-refractivity contribution in [2.45, 2.75) is 32.3 Å². The highest BCUT2D eigenvalue weighted by Crippen LogP contribution is 2.34. The van der Waals surface area contributed by atoms with Gasteiger partial charge in [-0.2, -0.15) is 0 Å². The minimum atomic E-state index is -0.122. The van der Waals surface area contributed by atoms with Crippen LogP contribution in [-0.4, -0.2) is 44.4 Å². The molecule has 1 saturated heterocycles. The average Bonchev–Trinajstić information content (AvgIpc) is 3.45. The number of benzene rings is 2. The number of carbonyl (C=O) groups excluding carboxylic acids is 1.